The van der Waals surface area contributed by atoms with E-state index in [0.717, 1.165) is 12.5 Å². The molecule has 0 aromatic heterocycles. The van der Waals surface area contributed by atoms with Crippen molar-refractivity contribution in [1.82, 2.24) is 0 Å². The van der Waals surface area contributed by atoms with Gasteiger partial charge in [-0.3, -0.25) is 13.9 Å². The summed E-state index contributed by atoms with van der Waals surface area (Å²) in [6, 6.07) is 9.53. The molecular formula is C28H42O18S2. The number of aldehydes is 1. The van der Waals surface area contributed by atoms with Gasteiger partial charge in [-0.25, -0.2) is 0 Å². The lowest BCUT2D eigenvalue weighted by molar-refractivity contribution is -0.136. The molecule has 0 spiro atoms. The molecule has 9 N–H and O–H groups in total. The molecule has 18 nitrogen and oxygen atoms in total. The number of aliphatic hydroxyl groups is 5. The number of methoxy groups -OCH3 is 2. The Hall–Kier alpha value is -3.60. The molecule has 0 fully saturated rings. The van der Waals surface area contributed by atoms with E-state index >= 15 is 0 Å². The van der Waals surface area contributed by atoms with E-state index in [0.29, 0.717) is 12.0 Å². The molecule has 274 valence electrons. The highest BCUT2D eigenvalue weighted by Gasteiger charge is 2.29. The lowest BCUT2D eigenvalue weighted by atomic mass is 10.0. The van der Waals surface area contributed by atoms with Gasteiger partial charge in [0.05, 0.1) is 26.6 Å². The van der Waals surface area contributed by atoms with Crippen molar-refractivity contribution in [2.24, 2.45) is 0 Å². The first-order chi connectivity index (χ1) is 22.2. The summed E-state index contributed by atoms with van der Waals surface area (Å²) in [6.07, 6.45) is -7.41. The number of aromatic hydroxyl groups is 1. The number of aryl methyl sites for hydroxylation is 1. The van der Waals surface area contributed by atoms with Crippen LogP contribution in [0.25, 0.3) is 0 Å². The second-order valence-corrected chi connectivity index (χ2v) is 13.0. The van der Waals surface area contributed by atoms with Crippen LogP contribution in [-0.4, -0.2) is 137 Å². The number of rotatable bonds is 17. The first kappa shape index (κ1) is 44.4. The highest BCUT2D eigenvalue weighted by molar-refractivity contribution is 7.86. The van der Waals surface area contributed by atoms with Crippen LogP contribution in [0.3, 0.4) is 0 Å². The molecule has 0 aliphatic heterocycles. The van der Waals surface area contributed by atoms with Crippen molar-refractivity contribution >= 4 is 32.5 Å². The quantitative estimate of drug-likeness (QED) is 0.0683. The molecule has 0 bridgehead atoms. The third-order valence-electron chi connectivity index (χ3n) is 5.96. The number of aliphatic hydroxyl groups excluding tert-OH is 5. The molecule has 5 unspecified atom stereocenters. The maximum absolute atomic E-state index is 11.5. The highest BCUT2D eigenvalue weighted by Crippen LogP contribution is 2.33. The van der Waals surface area contributed by atoms with Crippen LogP contribution in [0.2, 0.25) is 0 Å². The molecule has 20 heteroatoms. The fourth-order valence-electron chi connectivity index (χ4n) is 3.73. The highest BCUT2D eigenvalue weighted by atomic mass is 32.2. The Morgan fingerprint density at radius 3 is 1.96 bits per heavy atom. The van der Waals surface area contributed by atoms with Crippen molar-refractivity contribution in [2.75, 3.05) is 32.3 Å². The summed E-state index contributed by atoms with van der Waals surface area (Å²) in [5.74, 6) is -1.44. The number of phenols is 1. The average Bonchev–Trinajstić information content (AvgIpc) is 2.99. The number of ether oxygens (including phenoxy) is 3. The summed E-state index contributed by atoms with van der Waals surface area (Å²) in [5.41, 5.74) is 1.08. The Bertz CT molecular complexity index is 1490. The minimum atomic E-state index is -4.41. The van der Waals surface area contributed by atoms with E-state index in [1.54, 1.807) is 30.3 Å². The number of carbonyl (C=O) groups is 2. The van der Waals surface area contributed by atoms with Crippen LogP contribution >= 0.6 is 0 Å². The Labute approximate surface area is 277 Å². The topological polar surface area (TPSA) is 312 Å². The van der Waals surface area contributed by atoms with Gasteiger partial charge in [0.1, 0.15) is 36.3 Å². The molecule has 2 rings (SSSR count). The van der Waals surface area contributed by atoms with E-state index in [-0.39, 0.29) is 47.9 Å². The number of benzene rings is 2. The molecule has 0 aliphatic rings. The van der Waals surface area contributed by atoms with Gasteiger partial charge in [0.25, 0.3) is 26.2 Å². The Balaban J connectivity index is 0.00000115. The third-order valence-corrected chi connectivity index (χ3v) is 7.55. The minimum absolute atomic E-state index is 0.0258. The Morgan fingerprint density at radius 2 is 1.48 bits per heavy atom. The average molecular weight is 731 g/mol. The van der Waals surface area contributed by atoms with Crippen LogP contribution in [0, 0.1) is 0 Å². The van der Waals surface area contributed by atoms with Gasteiger partial charge >= 0.3 is 0 Å². The number of carboxylic acids is 1. The molecule has 0 saturated carbocycles. The Morgan fingerprint density at radius 1 is 0.896 bits per heavy atom. The van der Waals surface area contributed by atoms with Gasteiger partial charge in [-0.1, -0.05) is 18.2 Å². The largest absolute Gasteiger partial charge is 0.504 e. The van der Waals surface area contributed by atoms with Crippen LogP contribution in [0.4, 0.5) is 0 Å². The zero-order valence-corrected chi connectivity index (χ0v) is 27.8. The van der Waals surface area contributed by atoms with E-state index in [4.69, 9.17) is 54.2 Å². The molecule has 0 amide bonds. The van der Waals surface area contributed by atoms with Crippen LogP contribution in [0.1, 0.15) is 24.5 Å². The number of hydrogen-bond acceptors (Lipinski definition) is 15. The van der Waals surface area contributed by atoms with Gasteiger partial charge < -0.3 is 54.8 Å². The molecular weight excluding hydrogens is 688 g/mol. The summed E-state index contributed by atoms with van der Waals surface area (Å²) in [4.78, 5) is 18.9. The summed E-state index contributed by atoms with van der Waals surface area (Å²) in [5, 5.41) is 61.3. The molecule has 5 atom stereocenters. The van der Waals surface area contributed by atoms with Gasteiger partial charge in [0, 0.05) is 18.9 Å². The molecule has 2 aromatic carbocycles. The zero-order valence-electron chi connectivity index (χ0n) is 26.2. The monoisotopic (exact) mass is 730 g/mol. The number of hydrogen-bond donors (Lipinski definition) is 9. The standard InChI is InChI=1S/C20H26O10S2.C6H12O6.C2H4O2/c1-28-18-7-3-6-15(20(18)21)12-16(13-32(25,26)27)30-17-9-8-14(11-19(17)29-2)5-4-10-31(22,23)24;7-1-3(9)5(11)6(12)4(10)2-8;1-2(3)4/h3,6-9,11,16,21H,4-5,10,12-13H2,1-2H3,(H,22,23,24)(H,25,26,27);1,3-6,8-12H,2H2;1H3,(H,3,4). The van der Waals surface area contributed by atoms with Gasteiger partial charge in [-0.05, 0) is 36.6 Å². The maximum atomic E-state index is 11.5. The second-order valence-electron chi connectivity index (χ2n) is 9.91. The molecule has 0 heterocycles. The van der Waals surface area contributed by atoms with Crippen molar-refractivity contribution in [3.8, 4) is 23.0 Å². The summed E-state index contributed by atoms with van der Waals surface area (Å²) in [7, 11) is -5.69. The van der Waals surface area contributed by atoms with Crippen LogP contribution in [0.5, 0.6) is 23.0 Å². The van der Waals surface area contributed by atoms with E-state index in [1.807, 2.05) is 0 Å². The van der Waals surface area contributed by atoms with Gasteiger partial charge in [0.15, 0.2) is 29.3 Å². The van der Waals surface area contributed by atoms with Crippen molar-refractivity contribution in [2.45, 2.75) is 56.7 Å². The number of para-hydroxylation sites is 1. The molecule has 0 aliphatic carbocycles. The third kappa shape index (κ3) is 18.1. The first-order valence-electron chi connectivity index (χ1n) is 13.8. The predicted octanol–water partition coefficient (Wildman–Crippen LogP) is -1.18. The zero-order chi connectivity index (χ0) is 37.2. The fourth-order valence-corrected chi connectivity index (χ4v) is 4.90. The van der Waals surface area contributed by atoms with Crippen molar-refractivity contribution < 1.29 is 85.5 Å². The van der Waals surface area contributed by atoms with E-state index in [1.165, 1.54) is 20.3 Å². The summed E-state index contributed by atoms with van der Waals surface area (Å²) in [6.45, 7) is 0.323. The van der Waals surface area contributed by atoms with Gasteiger partial charge in [-0.2, -0.15) is 16.8 Å². The van der Waals surface area contributed by atoms with Crippen molar-refractivity contribution in [3.63, 3.8) is 0 Å². The Kier molecular flexibility index (Phi) is 19.8. The fraction of sp³-hybridized carbons (Fsp3) is 0.500. The smallest absolute Gasteiger partial charge is 0.300 e. The van der Waals surface area contributed by atoms with Gasteiger partial charge in [0.2, 0.25) is 0 Å². The molecule has 48 heavy (non-hydrogen) atoms. The lowest BCUT2D eigenvalue weighted by Gasteiger charge is -2.22. The van der Waals surface area contributed by atoms with E-state index in [9.17, 15) is 31.3 Å². The minimum Gasteiger partial charge on any atom is -0.504 e. The SMILES string of the molecule is CC(=O)O.COc1cc(CCCS(=O)(=O)O)ccc1OC(Cc1cccc(OC)c1O)CS(=O)(=O)O.O=CC(O)C(O)C(O)C(O)CO. The number of carboxylic acid groups (broad SMARTS) is 1. The van der Waals surface area contributed by atoms with Gasteiger partial charge in [-0.15, -0.1) is 0 Å². The molecule has 0 saturated heterocycles. The number of carbonyl (C=O) groups excluding carboxylic acids is 1. The maximum Gasteiger partial charge on any atom is 0.300 e. The van der Waals surface area contributed by atoms with Crippen molar-refractivity contribution in [1.29, 1.82) is 0 Å². The number of phenolic OH excluding ortho intramolecular Hbond substituents is 1. The predicted molar refractivity (Wildman–Crippen MR) is 167 cm³/mol. The van der Waals surface area contributed by atoms with Crippen LogP contribution in [0.15, 0.2) is 36.4 Å². The second kappa shape index (κ2) is 21.4. The van der Waals surface area contributed by atoms with Crippen LogP contribution in [-0.2, 0) is 42.7 Å². The van der Waals surface area contributed by atoms with E-state index in [2.05, 4.69) is 0 Å². The van der Waals surface area contributed by atoms with Crippen LogP contribution < -0.4 is 14.2 Å². The lowest BCUT2D eigenvalue weighted by Crippen LogP contribution is -2.46. The molecule has 2 aromatic rings. The number of aliphatic carboxylic acids is 1. The summed E-state index contributed by atoms with van der Waals surface area (Å²) < 4.78 is 79.1. The van der Waals surface area contributed by atoms with E-state index < -0.39 is 69.1 Å². The molecule has 0 radical (unpaired) electrons. The summed E-state index contributed by atoms with van der Waals surface area (Å²) >= 11 is 0. The first-order valence-corrected chi connectivity index (χ1v) is 17.0. The normalized spacial score (nSPS) is 14.4. The van der Waals surface area contributed by atoms with Crippen molar-refractivity contribution in [3.05, 3.63) is 47.5 Å².